The molecule has 0 atom stereocenters. The molecule has 1 heterocycles. The highest BCUT2D eigenvalue weighted by molar-refractivity contribution is 6.04. The largest absolute Gasteiger partial charge is 0.396 e. The van der Waals surface area contributed by atoms with E-state index in [1.165, 1.54) is 0 Å². The second-order valence-corrected chi connectivity index (χ2v) is 6.25. The van der Waals surface area contributed by atoms with Crippen LogP contribution in [-0.2, 0) is 13.0 Å². The highest BCUT2D eigenvalue weighted by Gasteiger charge is 2.07. The lowest BCUT2D eigenvalue weighted by Crippen LogP contribution is -2.12. The number of hydrogen-bond acceptors (Lipinski definition) is 4. The zero-order valence-corrected chi connectivity index (χ0v) is 14.7. The van der Waals surface area contributed by atoms with Crippen LogP contribution in [0.5, 0.6) is 0 Å². The standard InChI is InChI=1S/C20H22N4O2/c1-15-4-10-18(11-5-15)21-20(26)17-8-6-16(7-9-17)13-24-14-19(22-23-24)3-2-12-25/h4-11,14,25H,2-3,12-13H2,1H3,(H,21,26). The number of carbonyl (C=O) groups excluding carboxylic acids is 1. The van der Waals surface area contributed by atoms with Gasteiger partial charge in [0.2, 0.25) is 0 Å². The first-order valence-corrected chi connectivity index (χ1v) is 8.61. The fraction of sp³-hybridized carbons (Fsp3) is 0.250. The molecular weight excluding hydrogens is 328 g/mol. The van der Waals surface area contributed by atoms with Gasteiger partial charge in [0.05, 0.1) is 12.2 Å². The first-order valence-electron chi connectivity index (χ1n) is 8.61. The SMILES string of the molecule is Cc1ccc(NC(=O)c2ccc(Cn3cc(CCCO)nn3)cc2)cc1. The number of aliphatic hydroxyl groups excluding tert-OH is 1. The Hall–Kier alpha value is -2.99. The van der Waals surface area contributed by atoms with Crippen molar-refractivity contribution < 1.29 is 9.90 Å². The van der Waals surface area contributed by atoms with Gasteiger partial charge in [-0.25, -0.2) is 4.68 Å². The number of rotatable bonds is 7. The van der Waals surface area contributed by atoms with Crippen molar-refractivity contribution in [2.24, 2.45) is 0 Å². The summed E-state index contributed by atoms with van der Waals surface area (Å²) in [5.74, 6) is -0.132. The van der Waals surface area contributed by atoms with Crippen molar-refractivity contribution in [2.75, 3.05) is 11.9 Å². The van der Waals surface area contributed by atoms with E-state index in [2.05, 4.69) is 15.6 Å². The van der Waals surface area contributed by atoms with Gasteiger partial charge >= 0.3 is 0 Å². The number of hydrogen-bond donors (Lipinski definition) is 2. The number of nitrogens with zero attached hydrogens (tertiary/aromatic N) is 3. The summed E-state index contributed by atoms with van der Waals surface area (Å²) in [6.07, 6.45) is 3.28. The van der Waals surface area contributed by atoms with Gasteiger partial charge in [-0.05, 0) is 49.6 Å². The van der Waals surface area contributed by atoms with Gasteiger partial charge < -0.3 is 10.4 Å². The Kier molecular flexibility index (Phi) is 5.76. The Bertz CT molecular complexity index is 854. The van der Waals surface area contributed by atoms with Crippen LogP contribution in [0.25, 0.3) is 0 Å². The van der Waals surface area contributed by atoms with Gasteiger partial charge in [-0.2, -0.15) is 0 Å². The van der Waals surface area contributed by atoms with E-state index in [9.17, 15) is 4.79 Å². The molecule has 2 aromatic carbocycles. The number of aliphatic hydroxyl groups is 1. The number of amides is 1. The third-order valence-electron chi connectivity index (χ3n) is 4.05. The zero-order valence-electron chi connectivity index (χ0n) is 14.7. The molecule has 0 radical (unpaired) electrons. The van der Waals surface area contributed by atoms with Crippen LogP contribution >= 0.6 is 0 Å². The lowest BCUT2D eigenvalue weighted by molar-refractivity contribution is 0.102. The minimum Gasteiger partial charge on any atom is -0.396 e. The molecule has 3 aromatic rings. The van der Waals surface area contributed by atoms with Crippen LogP contribution in [0, 0.1) is 6.92 Å². The molecule has 0 fully saturated rings. The van der Waals surface area contributed by atoms with Crippen molar-refractivity contribution in [2.45, 2.75) is 26.3 Å². The van der Waals surface area contributed by atoms with Crippen LogP contribution in [0.2, 0.25) is 0 Å². The fourth-order valence-electron chi connectivity index (χ4n) is 2.58. The van der Waals surface area contributed by atoms with E-state index in [1.807, 2.05) is 61.7 Å². The van der Waals surface area contributed by atoms with Crippen molar-refractivity contribution in [3.63, 3.8) is 0 Å². The Balaban J connectivity index is 1.59. The zero-order chi connectivity index (χ0) is 18.4. The predicted octanol–water partition coefficient (Wildman–Crippen LogP) is 2.81. The highest BCUT2D eigenvalue weighted by Crippen LogP contribution is 2.12. The second kappa shape index (κ2) is 8.40. The minimum absolute atomic E-state index is 0.132. The molecule has 3 rings (SSSR count). The quantitative estimate of drug-likeness (QED) is 0.687. The van der Waals surface area contributed by atoms with Gasteiger partial charge in [-0.15, -0.1) is 5.10 Å². The summed E-state index contributed by atoms with van der Waals surface area (Å²) in [6.45, 7) is 2.75. The van der Waals surface area contributed by atoms with E-state index in [-0.39, 0.29) is 12.5 Å². The summed E-state index contributed by atoms with van der Waals surface area (Å²) < 4.78 is 1.76. The Morgan fingerprint density at radius 1 is 1.12 bits per heavy atom. The molecule has 0 unspecified atom stereocenters. The summed E-state index contributed by atoms with van der Waals surface area (Å²) in [6, 6.07) is 15.2. The highest BCUT2D eigenvalue weighted by atomic mass is 16.2. The molecule has 0 aliphatic heterocycles. The molecule has 26 heavy (non-hydrogen) atoms. The molecule has 6 heteroatoms. The first kappa shape index (κ1) is 17.8. The number of anilines is 1. The summed E-state index contributed by atoms with van der Waals surface area (Å²) >= 11 is 0. The van der Waals surface area contributed by atoms with Crippen molar-refractivity contribution in [3.8, 4) is 0 Å². The molecule has 0 saturated heterocycles. The molecule has 1 amide bonds. The maximum atomic E-state index is 12.3. The Morgan fingerprint density at radius 3 is 2.54 bits per heavy atom. The van der Waals surface area contributed by atoms with E-state index in [0.717, 1.165) is 22.5 Å². The third-order valence-corrected chi connectivity index (χ3v) is 4.05. The van der Waals surface area contributed by atoms with E-state index in [4.69, 9.17) is 5.11 Å². The first-order chi connectivity index (χ1) is 12.6. The van der Waals surface area contributed by atoms with E-state index in [1.54, 1.807) is 4.68 Å². The number of carbonyl (C=O) groups is 1. The molecule has 0 saturated carbocycles. The van der Waals surface area contributed by atoms with Crippen LogP contribution in [0.1, 0.15) is 33.6 Å². The van der Waals surface area contributed by atoms with Gasteiger partial charge in [0.25, 0.3) is 5.91 Å². The monoisotopic (exact) mass is 350 g/mol. The van der Waals surface area contributed by atoms with Crippen molar-refractivity contribution in [3.05, 3.63) is 77.1 Å². The molecule has 134 valence electrons. The lowest BCUT2D eigenvalue weighted by atomic mass is 10.1. The number of nitrogens with one attached hydrogen (secondary N) is 1. The summed E-state index contributed by atoms with van der Waals surface area (Å²) in [7, 11) is 0. The molecule has 1 aromatic heterocycles. The van der Waals surface area contributed by atoms with Crippen LogP contribution in [0.15, 0.2) is 54.7 Å². The van der Waals surface area contributed by atoms with Gasteiger partial charge in [-0.1, -0.05) is 35.0 Å². The molecule has 0 spiro atoms. The van der Waals surface area contributed by atoms with Crippen LogP contribution < -0.4 is 5.32 Å². The Labute approximate surface area is 152 Å². The van der Waals surface area contributed by atoms with Gasteiger partial charge in [-0.3, -0.25) is 4.79 Å². The molecule has 0 aliphatic carbocycles. The maximum Gasteiger partial charge on any atom is 0.255 e. The summed E-state index contributed by atoms with van der Waals surface area (Å²) in [4.78, 5) is 12.3. The second-order valence-electron chi connectivity index (χ2n) is 6.25. The number of benzene rings is 2. The normalized spacial score (nSPS) is 10.7. The summed E-state index contributed by atoms with van der Waals surface area (Å²) in [5, 5.41) is 19.9. The average molecular weight is 350 g/mol. The molecule has 0 bridgehead atoms. The fourth-order valence-corrected chi connectivity index (χ4v) is 2.58. The third kappa shape index (κ3) is 4.77. The van der Waals surface area contributed by atoms with Gasteiger partial charge in [0.15, 0.2) is 0 Å². The minimum atomic E-state index is -0.132. The van der Waals surface area contributed by atoms with E-state index in [0.29, 0.717) is 24.9 Å². The Morgan fingerprint density at radius 2 is 1.85 bits per heavy atom. The van der Waals surface area contributed by atoms with Crippen molar-refractivity contribution >= 4 is 11.6 Å². The van der Waals surface area contributed by atoms with E-state index >= 15 is 0 Å². The number of aryl methyl sites for hydroxylation is 2. The maximum absolute atomic E-state index is 12.3. The smallest absolute Gasteiger partial charge is 0.255 e. The van der Waals surface area contributed by atoms with Crippen LogP contribution in [0.4, 0.5) is 5.69 Å². The van der Waals surface area contributed by atoms with Crippen molar-refractivity contribution in [1.82, 2.24) is 15.0 Å². The predicted molar refractivity (Wildman–Crippen MR) is 100 cm³/mol. The van der Waals surface area contributed by atoms with Crippen LogP contribution in [-0.4, -0.2) is 32.6 Å². The number of aromatic nitrogens is 3. The topological polar surface area (TPSA) is 80.0 Å². The molecule has 6 nitrogen and oxygen atoms in total. The summed E-state index contributed by atoms with van der Waals surface area (Å²) in [5.41, 5.74) is 4.45. The van der Waals surface area contributed by atoms with Gasteiger partial charge in [0.1, 0.15) is 0 Å². The average Bonchev–Trinajstić information content (AvgIpc) is 3.10. The molecule has 0 aliphatic rings. The van der Waals surface area contributed by atoms with Crippen LogP contribution in [0.3, 0.4) is 0 Å². The molecular formula is C20H22N4O2. The van der Waals surface area contributed by atoms with Crippen molar-refractivity contribution in [1.29, 1.82) is 0 Å². The lowest BCUT2D eigenvalue weighted by Gasteiger charge is -2.07. The molecule has 2 N–H and O–H groups in total. The van der Waals surface area contributed by atoms with Gasteiger partial charge in [0, 0.05) is 24.1 Å². The van der Waals surface area contributed by atoms with E-state index < -0.39 is 0 Å².